The van der Waals surface area contributed by atoms with E-state index in [0.717, 1.165) is 12.0 Å². The Balaban J connectivity index is 1.64. The quantitative estimate of drug-likeness (QED) is 0.904. The topological polar surface area (TPSA) is 49.4 Å². The van der Waals surface area contributed by atoms with Gasteiger partial charge in [0, 0.05) is 17.3 Å². The van der Waals surface area contributed by atoms with E-state index in [0.29, 0.717) is 23.7 Å². The van der Waals surface area contributed by atoms with Crippen LogP contribution in [0.25, 0.3) is 0 Å². The second-order valence-corrected chi connectivity index (χ2v) is 6.48. The molecule has 1 heterocycles. The first kappa shape index (κ1) is 17.4. The van der Waals surface area contributed by atoms with Crippen molar-refractivity contribution in [2.75, 3.05) is 11.9 Å². The molecular weight excluding hydrogens is 343 g/mol. The standard InChI is InChI=1S/C19H18ClFN2O2/c20-14-5-9-16(10-6-14)22-19(25)17-2-1-11-23(17)18(24)12-13-3-7-15(21)8-4-13/h3-10,17H,1-2,11-12H2,(H,22,25)/t17-/m1/s1. The lowest BCUT2D eigenvalue weighted by atomic mass is 10.1. The highest BCUT2D eigenvalue weighted by Gasteiger charge is 2.33. The van der Waals surface area contributed by atoms with Gasteiger partial charge in [-0.1, -0.05) is 23.7 Å². The summed E-state index contributed by atoms with van der Waals surface area (Å²) < 4.78 is 13.0. The van der Waals surface area contributed by atoms with E-state index in [1.807, 2.05) is 0 Å². The largest absolute Gasteiger partial charge is 0.330 e. The summed E-state index contributed by atoms with van der Waals surface area (Å²) in [5.74, 6) is -0.662. The molecule has 2 aromatic carbocycles. The predicted molar refractivity (Wildman–Crippen MR) is 94.9 cm³/mol. The molecule has 0 unspecified atom stereocenters. The van der Waals surface area contributed by atoms with E-state index >= 15 is 0 Å². The molecule has 0 aliphatic carbocycles. The minimum atomic E-state index is -0.483. The molecule has 0 radical (unpaired) electrons. The molecule has 4 nitrogen and oxygen atoms in total. The Bertz CT molecular complexity index is 696. The van der Waals surface area contributed by atoms with Crippen molar-refractivity contribution in [3.8, 4) is 0 Å². The second-order valence-electron chi connectivity index (χ2n) is 6.04. The molecule has 0 saturated carbocycles. The van der Waals surface area contributed by atoms with E-state index < -0.39 is 6.04 Å². The van der Waals surface area contributed by atoms with Gasteiger partial charge in [0.05, 0.1) is 6.42 Å². The lowest BCUT2D eigenvalue weighted by Gasteiger charge is -2.24. The molecule has 130 valence electrons. The van der Waals surface area contributed by atoms with Gasteiger partial charge in [-0.05, 0) is 54.8 Å². The number of nitrogens with one attached hydrogen (secondary N) is 1. The van der Waals surface area contributed by atoms with Crippen molar-refractivity contribution in [3.63, 3.8) is 0 Å². The van der Waals surface area contributed by atoms with Crippen LogP contribution in [0.3, 0.4) is 0 Å². The number of carbonyl (C=O) groups is 2. The third kappa shape index (κ3) is 4.37. The van der Waals surface area contributed by atoms with Crippen molar-refractivity contribution in [3.05, 3.63) is 64.9 Å². The van der Waals surface area contributed by atoms with Gasteiger partial charge in [0.15, 0.2) is 0 Å². The van der Waals surface area contributed by atoms with Gasteiger partial charge < -0.3 is 10.2 Å². The Kier molecular flexibility index (Phi) is 5.34. The summed E-state index contributed by atoms with van der Waals surface area (Å²) in [6.45, 7) is 0.554. The molecule has 3 rings (SSSR count). The van der Waals surface area contributed by atoms with E-state index in [4.69, 9.17) is 11.6 Å². The van der Waals surface area contributed by atoms with Crippen molar-refractivity contribution < 1.29 is 14.0 Å². The van der Waals surface area contributed by atoms with Crippen LogP contribution >= 0.6 is 11.6 Å². The van der Waals surface area contributed by atoms with Crippen LogP contribution in [-0.2, 0) is 16.0 Å². The zero-order valence-corrected chi connectivity index (χ0v) is 14.3. The van der Waals surface area contributed by atoms with Gasteiger partial charge in [0.25, 0.3) is 0 Å². The average Bonchev–Trinajstić information content (AvgIpc) is 3.09. The number of hydrogen-bond donors (Lipinski definition) is 1. The Hall–Kier alpha value is -2.40. The summed E-state index contributed by atoms with van der Waals surface area (Å²) >= 11 is 5.84. The van der Waals surface area contributed by atoms with E-state index in [2.05, 4.69) is 5.32 Å². The summed E-state index contributed by atoms with van der Waals surface area (Å²) in [5.41, 5.74) is 1.38. The number of carbonyl (C=O) groups excluding carboxylic acids is 2. The zero-order chi connectivity index (χ0) is 17.8. The SMILES string of the molecule is O=C(Nc1ccc(Cl)cc1)[C@H]1CCCN1C(=O)Cc1ccc(F)cc1. The van der Waals surface area contributed by atoms with E-state index in [1.165, 1.54) is 12.1 Å². The van der Waals surface area contributed by atoms with Gasteiger partial charge in [-0.2, -0.15) is 0 Å². The van der Waals surface area contributed by atoms with Gasteiger partial charge >= 0.3 is 0 Å². The first-order valence-electron chi connectivity index (χ1n) is 8.13. The highest BCUT2D eigenvalue weighted by Crippen LogP contribution is 2.21. The Morgan fingerprint density at radius 1 is 1.12 bits per heavy atom. The molecule has 0 spiro atoms. The number of halogens is 2. The number of likely N-dealkylation sites (tertiary alicyclic amines) is 1. The van der Waals surface area contributed by atoms with Gasteiger partial charge in [0.2, 0.25) is 11.8 Å². The highest BCUT2D eigenvalue weighted by molar-refractivity contribution is 6.30. The monoisotopic (exact) mass is 360 g/mol. The predicted octanol–water partition coefficient (Wildman–Crippen LogP) is 3.65. The number of rotatable bonds is 4. The maximum atomic E-state index is 13.0. The summed E-state index contributed by atoms with van der Waals surface area (Å²) in [6.07, 6.45) is 1.58. The molecule has 1 saturated heterocycles. The summed E-state index contributed by atoms with van der Waals surface area (Å²) in [7, 11) is 0. The maximum Gasteiger partial charge on any atom is 0.247 e. The van der Waals surface area contributed by atoms with Crippen molar-refractivity contribution >= 4 is 29.1 Å². The third-order valence-electron chi connectivity index (χ3n) is 4.26. The van der Waals surface area contributed by atoms with Gasteiger partial charge in [0.1, 0.15) is 11.9 Å². The van der Waals surface area contributed by atoms with Gasteiger partial charge in [-0.3, -0.25) is 9.59 Å². The lowest BCUT2D eigenvalue weighted by Crippen LogP contribution is -2.43. The summed E-state index contributed by atoms with van der Waals surface area (Å²) in [5, 5.41) is 3.42. The second kappa shape index (κ2) is 7.66. The molecule has 1 aliphatic heterocycles. The average molecular weight is 361 g/mol. The van der Waals surface area contributed by atoms with E-state index in [9.17, 15) is 14.0 Å². The van der Waals surface area contributed by atoms with Crippen LogP contribution < -0.4 is 5.32 Å². The third-order valence-corrected chi connectivity index (χ3v) is 4.51. The number of amides is 2. The van der Waals surface area contributed by atoms with Crippen molar-refractivity contribution in [2.45, 2.75) is 25.3 Å². The number of hydrogen-bond acceptors (Lipinski definition) is 2. The molecular formula is C19H18ClFN2O2. The van der Waals surface area contributed by atoms with Crippen LogP contribution in [-0.4, -0.2) is 29.3 Å². The number of benzene rings is 2. The normalized spacial score (nSPS) is 16.7. The van der Waals surface area contributed by atoms with Gasteiger partial charge in [-0.15, -0.1) is 0 Å². The van der Waals surface area contributed by atoms with Crippen LogP contribution in [0.2, 0.25) is 5.02 Å². The minimum absolute atomic E-state index is 0.125. The maximum absolute atomic E-state index is 13.0. The molecule has 6 heteroatoms. The van der Waals surface area contributed by atoms with Crippen LogP contribution in [0.5, 0.6) is 0 Å². The molecule has 25 heavy (non-hydrogen) atoms. The summed E-state index contributed by atoms with van der Waals surface area (Å²) in [4.78, 5) is 26.7. The van der Waals surface area contributed by atoms with Crippen molar-refractivity contribution in [1.29, 1.82) is 0 Å². The summed E-state index contributed by atoms with van der Waals surface area (Å²) in [6, 6.07) is 12.2. The van der Waals surface area contributed by atoms with Crippen molar-refractivity contribution in [2.24, 2.45) is 0 Å². The molecule has 0 bridgehead atoms. The van der Waals surface area contributed by atoms with Crippen LogP contribution in [0.15, 0.2) is 48.5 Å². The molecule has 1 N–H and O–H groups in total. The first-order chi connectivity index (χ1) is 12.0. The minimum Gasteiger partial charge on any atom is -0.330 e. The molecule has 0 aromatic heterocycles. The Labute approximate surface area is 150 Å². The molecule has 1 fully saturated rings. The smallest absolute Gasteiger partial charge is 0.247 e. The fourth-order valence-corrected chi connectivity index (χ4v) is 3.10. The number of anilines is 1. The zero-order valence-electron chi connectivity index (χ0n) is 13.5. The van der Waals surface area contributed by atoms with Crippen LogP contribution in [0, 0.1) is 5.82 Å². The van der Waals surface area contributed by atoms with Crippen LogP contribution in [0.1, 0.15) is 18.4 Å². The number of nitrogens with zero attached hydrogens (tertiary/aromatic N) is 1. The molecule has 1 aliphatic rings. The fraction of sp³-hybridized carbons (Fsp3) is 0.263. The Morgan fingerprint density at radius 2 is 1.80 bits per heavy atom. The molecule has 1 atom stereocenters. The highest BCUT2D eigenvalue weighted by atomic mass is 35.5. The fourth-order valence-electron chi connectivity index (χ4n) is 2.98. The Morgan fingerprint density at radius 3 is 2.48 bits per heavy atom. The lowest BCUT2D eigenvalue weighted by molar-refractivity contribution is -0.136. The van der Waals surface area contributed by atoms with E-state index in [1.54, 1.807) is 41.3 Å². The first-order valence-corrected chi connectivity index (χ1v) is 8.51. The van der Waals surface area contributed by atoms with E-state index in [-0.39, 0.29) is 24.1 Å². The molecule has 2 amide bonds. The molecule has 2 aromatic rings. The van der Waals surface area contributed by atoms with Crippen LogP contribution in [0.4, 0.5) is 10.1 Å². The van der Waals surface area contributed by atoms with Gasteiger partial charge in [-0.25, -0.2) is 4.39 Å². The van der Waals surface area contributed by atoms with Crippen molar-refractivity contribution in [1.82, 2.24) is 4.90 Å².